The van der Waals surface area contributed by atoms with Gasteiger partial charge in [0, 0.05) is 23.9 Å². The van der Waals surface area contributed by atoms with Gasteiger partial charge in [-0.2, -0.15) is 5.26 Å². The van der Waals surface area contributed by atoms with E-state index in [0.717, 1.165) is 0 Å². The second kappa shape index (κ2) is 10.3. The summed E-state index contributed by atoms with van der Waals surface area (Å²) in [7, 11) is 1.47. The standard InChI is InChI=1S/C24H23N5O5/c1-24(2,13-27-21(30)16-6-4-5-15(9-16)11-25)29-23(32)22(31)28-17-7-8-18(19(10-17)33-3)20-12-26-14-34-20/h4-10,12,14H,13H2,1-3H3,(H,27,30)(H,28,31)(H,29,32). The number of benzene rings is 2. The highest BCUT2D eigenvalue weighted by atomic mass is 16.5. The number of ether oxygens (including phenoxy) is 1. The second-order valence-electron chi connectivity index (χ2n) is 7.95. The van der Waals surface area contributed by atoms with Crippen LogP contribution in [0.1, 0.15) is 29.8 Å². The maximum Gasteiger partial charge on any atom is 0.313 e. The molecule has 3 N–H and O–H groups in total. The molecule has 10 nitrogen and oxygen atoms in total. The van der Waals surface area contributed by atoms with Gasteiger partial charge in [0.2, 0.25) is 0 Å². The smallest absolute Gasteiger partial charge is 0.313 e. The number of aromatic nitrogens is 1. The van der Waals surface area contributed by atoms with Crippen LogP contribution in [-0.4, -0.2) is 41.9 Å². The zero-order chi connectivity index (χ0) is 24.7. The van der Waals surface area contributed by atoms with Gasteiger partial charge in [-0.25, -0.2) is 4.98 Å². The molecule has 3 amide bonds. The van der Waals surface area contributed by atoms with E-state index in [2.05, 4.69) is 20.9 Å². The van der Waals surface area contributed by atoms with Gasteiger partial charge in [-0.05, 0) is 44.2 Å². The van der Waals surface area contributed by atoms with Gasteiger partial charge in [0.05, 0.1) is 36.0 Å². The molecule has 0 radical (unpaired) electrons. The molecule has 0 saturated heterocycles. The van der Waals surface area contributed by atoms with Gasteiger partial charge in [-0.1, -0.05) is 6.07 Å². The Hall–Kier alpha value is -4.65. The Morgan fingerprint density at radius 3 is 2.62 bits per heavy atom. The average molecular weight is 461 g/mol. The number of nitrogens with zero attached hydrogens (tertiary/aromatic N) is 2. The Morgan fingerprint density at radius 1 is 1.15 bits per heavy atom. The van der Waals surface area contributed by atoms with Crippen LogP contribution in [0.15, 0.2) is 59.5 Å². The van der Waals surface area contributed by atoms with Crippen molar-refractivity contribution in [1.82, 2.24) is 15.6 Å². The molecule has 0 aliphatic rings. The fourth-order valence-electron chi connectivity index (χ4n) is 3.05. The third kappa shape index (κ3) is 5.98. The predicted molar refractivity (Wildman–Crippen MR) is 123 cm³/mol. The second-order valence-corrected chi connectivity index (χ2v) is 7.95. The van der Waals surface area contributed by atoms with Crippen molar-refractivity contribution >= 4 is 23.4 Å². The van der Waals surface area contributed by atoms with Crippen LogP contribution in [0, 0.1) is 11.3 Å². The Bertz CT molecular complexity index is 1240. The van der Waals surface area contributed by atoms with Gasteiger partial charge in [0.25, 0.3) is 5.91 Å². The van der Waals surface area contributed by atoms with E-state index in [-0.39, 0.29) is 6.54 Å². The minimum Gasteiger partial charge on any atom is -0.496 e. The highest BCUT2D eigenvalue weighted by molar-refractivity contribution is 6.39. The number of nitriles is 1. The lowest BCUT2D eigenvalue weighted by Gasteiger charge is -2.26. The minimum atomic E-state index is -0.926. The number of carbonyl (C=O) groups is 3. The Kier molecular flexibility index (Phi) is 7.28. The first-order chi connectivity index (χ1) is 16.2. The zero-order valence-corrected chi connectivity index (χ0v) is 18.8. The SMILES string of the molecule is COc1cc(NC(=O)C(=O)NC(C)(C)CNC(=O)c2cccc(C#N)c2)ccc1-c1cnco1. The van der Waals surface area contributed by atoms with Crippen LogP contribution in [-0.2, 0) is 9.59 Å². The molecule has 0 aliphatic heterocycles. The van der Waals surface area contributed by atoms with Crippen molar-refractivity contribution < 1.29 is 23.5 Å². The number of oxazole rings is 1. The van der Waals surface area contributed by atoms with E-state index in [1.165, 1.54) is 25.8 Å². The summed E-state index contributed by atoms with van der Waals surface area (Å²) >= 11 is 0. The largest absolute Gasteiger partial charge is 0.496 e. The van der Waals surface area contributed by atoms with Crippen LogP contribution in [0.3, 0.4) is 0 Å². The molecule has 10 heteroatoms. The number of hydrogen-bond acceptors (Lipinski definition) is 7. The summed E-state index contributed by atoms with van der Waals surface area (Å²) in [6, 6.07) is 13.1. The van der Waals surface area contributed by atoms with Gasteiger partial charge in [-0.15, -0.1) is 0 Å². The van der Waals surface area contributed by atoms with Gasteiger partial charge < -0.3 is 25.1 Å². The lowest BCUT2D eigenvalue weighted by Crippen LogP contribution is -2.54. The molecule has 0 fully saturated rings. The Morgan fingerprint density at radius 2 is 1.94 bits per heavy atom. The van der Waals surface area contributed by atoms with Crippen molar-refractivity contribution in [3.05, 3.63) is 66.2 Å². The highest BCUT2D eigenvalue weighted by Gasteiger charge is 2.25. The summed E-state index contributed by atoms with van der Waals surface area (Å²) in [5, 5.41) is 16.8. The van der Waals surface area contributed by atoms with E-state index in [4.69, 9.17) is 14.4 Å². The summed E-state index contributed by atoms with van der Waals surface area (Å²) in [5.74, 6) is -1.23. The van der Waals surface area contributed by atoms with Crippen LogP contribution in [0.2, 0.25) is 0 Å². The minimum absolute atomic E-state index is 0.0569. The normalized spacial score (nSPS) is 10.6. The number of amides is 3. The van der Waals surface area contributed by atoms with Crippen molar-refractivity contribution in [2.45, 2.75) is 19.4 Å². The summed E-state index contributed by atoms with van der Waals surface area (Å²) in [5.41, 5.74) is 0.748. The molecule has 1 heterocycles. The van der Waals surface area contributed by atoms with Gasteiger partial charge in [0.1, 0.15) is 5.75 Å². The molecule has 2 aromatic carbocycles. The van der Waals surface area contributed by atoms with Gasteiger partial charge in [0.15, 0.2) is 12.2 Å². The fourth-order valence-corrected chi connectivity index (χ4v) is 3.05. The lowest BCUT2D eigenvalue weighted by molar-refractivity contribution is -0.137. The van der Waals surface area contributed by atoms with Crippen molar-refractivity contribution in [3.63, 3.8) is 0 Å². The third-order valence-electron chi connectivity index (χ3n) is 4.76. The first-order valence-electron chi connectivity index (χ1n) is 10.2. The maximum atomic E-state index is 12.4. The molecule has 0 aliphatic carbocycles. The summed E-state index contributed by atoms with van der Waals surface area (Å²) < 4.78 is 10.6. The zero-order valence-electron chi connectivity index (χ0n) is 18.8. The molecular formula is C24H23N5O5. The van der Waals surface area contributed by atoms with Crippen LogP contribution in [0.4, 0.5) is 5.69 Å². The summed E-state index contributed by atoms with van der Waals surface area (Å²) in [6.07, 6.45) is 2.83. The van der Waals surface area contributed by atoms with E-state index in [1.54, 1.807) is 50.2 Å². The Labute approximate surface area is 195 Å². The van der Waals surface area contributed by atoms with Crippen LogP contribution < -0.4 is 20.7 Å². The fraction of sp³-hybridized carbons (Fsp3) is 0.208. The molecule has 34 heavy (non-hydrogen) atoms. The molecule has 174 valence electrons. The van der Waals surface area contributed by atoms with E-state index < -0.39 is 23.3 Å². The first-order valence-corrected chi connectivity index (χ1v) is 10.2. The van der Waals surface area contributed by atoms with Crippen molar-refractivity contribution in [2.24, 2.45) is 0 Å². The molecule has 3 aromatic rings. The molecule has 0 atom stereocenters. The number of carbonyl (C=O) groups excluding carboxylic acids is 3. The van der Waals surface area contributed by atoms with Gasteiger partial charge >= 0.3 is 11.8 Å². The number of rotatable bonds is 7. The Balaban J connectivity index is 1.58. The maximum absolute atomic E-state index is 12.4. The molecule has 0 saturated carbocycles. The molecule has 0 bridgehead atoms. The number of nitrogens with one attached hydrogen (secondary N) is 3. The molecule has 3 rings (SSSR count). The molecule has 1 aromatic heterocycles. The summed E-state index contributed by atoms with van der Waals surface area (Å²) in [4.78, 5) is 41.1. The van der Waals surface area contributed by atoms with Crippen LogP contribution in [0.5, 0.6) is 5.75 Å². The summed E-state index contributed by atoms with van der Waals surface area (Å²) in [6.45, 7) is 3.39. The van der Waals surface area contributed by atoms with Crippen molar-refractivity contribution in [2.75, 3.05) is 19.0 Å². The highest BCUT2D eigenvalue weighted by Crippen LogP contribution is 2.32. The number of hydrogen-bond donors (Lipinski definition) is 3. The first kappa shape index (κ1) is 24.0. The molecule has 0 spiro atoms. The lowest BCUT2D eigenvalue weighted by atomic mass is 10.0. The quantitative estimate of drug-likeness (QED) is 0.458. The van der Waals surface area contributed by atoms with Crippen molar-refractivity contribution in [1.29, 1.82) is 5.26 Å². The van der Waals surface area contributed by atoms with Crippen molar-refractivity contribution in [3.8, 4) is 23.1 Å². The van der Waals surface area contributed by atoms with Crippen LogP contribution in [0.25, 0.3) is 11.3 Å². The van der Waals surface area contributed by atoms with E-state index >= 15 is 0 Å². The third-order valence-corrected chi connectivity index (χ3v) is 4.76. The average Bonchev–Trinajstić information content (AvgIpc) is 3.37. The number of methoxy groups -OCH3 is 1. The van der Waals surface area contributed by atoms with Crippen LogP contribution >= 0.6 is 0 Å². The van der Waals surface area contributed by atoms with E-state index in [0.29, 0.717) is 33.9 Å². The van der Waals surface area contributed by atoms with E-state index in [1.807, 2.05) is 6.07 Å². The predicted octanol–water partition coefficient (Wildman–Crippen LogP) is 2.49. The van der Waals surface area contributed by atoms with E-state index in [9.17, 15) is 14.4 Å². The monoisotopic (exact) mass is 461 g/mol. The molecular weight excluding hydrogens is 438 g/mol. The number of anilines is 1. The molecule has 0 unspecified atom stereocenters. The van der Waals surface area contributed by atoms with Gasteiger partial charge in [-0.3, -0.25) is 14.4 Å². The topological polar surface area (TPSA) is 146 Å².